The molecular formula is C26H32N2O4. The van der Waals surface area contributed by atoms with Crippen LogP contribution < -0.4 is 14.8 Å². The lowest BCUT2D eigenvalue weighted by molar-refractivity contribution is -0.125. The fourth-order valence-electron chi connectivity index (χ4n) is 5.19. The van der Waals surface area contributed by atoms with Crippen molar-refractivity contribution in [1.29, 1.82) is 0 Å². The molecule has 6 nitrogen and oxygen atoms in total. The number of para-hydroxylation sites is 1. The second-order valence-electron chi connectivity index (χ2n) is 8.67. The van der Waals surface area contributed by atoms with Gasteiger partial charge in [0, 0.05) is 12.6 Å². The number of hydrogen-bond donors (Lipinski definition) is 1. The number of rotatable bonds is 7. The average molecular weight is 437 g/mol. The van der Waals surface area contributed by atoms with Crippen LogP contribution in [-0.4, -0.2) is 49.6 Å². The molecule has 170 valence electrons. The van der Waals surface area contributed by atoms with Gasteiger partial charge in [0.05, 0.1) is 19.8 Å². The standard InChI is InChI=1S/C26H32N2O4/c1-31-20-13-11-18(12-14-20)15-16-27-25(29)23-17-19-7-3-5-9-22(19)28(23)26(30)21-8-4-6-10-24(21)32-2/h4,6,8,10-14,19,22-23H,3,5,7,9,15-17H2,1-2H3,(H,27,29)/t19-,22-,23-/m0/s1. The highest BCUT2D eigenvalue weighted by atomic mass is 16.5. The quantitative estimate of drug-likeness (QED) is 0.716. The summed E-state index contributed by atoms with van der Waals surface area (Å²) in [6.45, 7) is 0.535. The monoisotopic (exact) mass is 436 g/mol. The number of benzene rings is 2. The van der Waals surface area contributed by atoms with Crippen LogP contribution in [0, 0.1) is 5.92 Å². The first-order chi connectivity index (χ1) is 15.6. The molecule has 2 fully saturated rings. The van der Waals surface area contributed by atoms with Crippen LogP contribution in [0.1, 0.15) is 48.0 Å². The summed E-state index contributed by atoms with van der Waals surface area (Å²) < 4.78 is 10.6. The van der Waals surface area contributed by atoms with Gasteiger partial charge in [0.25, 0.3) is 5.91 Å². The van der Waals surface area contributed by atoms with Gasteiger partial charge in [0.1, 0.15) is 17.5 Å². The van der Waals surface area contributed by atoms with E-state index in [1.165, 1.54) is 6.42 Å². The Bertz CT molecular complexity index is 943. The van der Waals surface area contributed by atoms with Gasteiger partial charge in [-0.2, -0.15) is 0 Å². The first-order valence-corrected chi connectivity index (χ1v) is 11.5. The largest absolute Gasteiger partial charge is 0.497 e. The van der Waals surface area contributed by atoms with Crippen molar-refractivity contribution in [1.82, 2.24) is 10.2 Å². The highest BCUT2D eigenvalue weighted by Crippen LogP contribution is 2.41. The van der Waals surface area contributed by atoms with E-state index in [-0.39, 0.29) is 17.9 Å². The predicted molar refractivity (Wildman–Crippen MR) is 123 cm³/mol. The molecule has 0 bridgehead atoms. The van der Waals surface area contributed by atoms with E-state index in [0.29, 0.717) is 23.8 Å². The summed E-state index contributed by atoms with van der Waals surface area (Å²) in [6, 6.07) is 14.8. The highest BCUT2D eigenvalue weighted by Gasteiger charge is 2.47. The zero-order valence-electron chi connectivity index (χ0n) is 18.9. The molecule has 32 heavy (non-hydrogen) atoms. The maximum atomic E-state index is 13.6. The molecule has 1 saturated carbocycles. The zero-order chi connectivity index (χ0) is 22.5. The first kappa shape index (κ1) is 22.2. The van der Waals surface area contributed by atoms with Crippen molar-refractivity contribution in [3.05, 3.63) is 59.7 Å². The van der Waals surface area contributed by atoms with Crippen LogP contribution in [-0.2, 0) is 11.2 Å². The molecule has 1 aliphatic heterocycles. The summed E-state index contributed by atoms with van der Waals surface area (Å²) in [6.07, 6.45) is 5.78. The number of carbonyl (C=O) groups is 2. The van der Waals surface area contributed by atoms with Crippen molar-refractivity contribution in [3.63, 3.8) is 0 Å². The number of methoxy groups -OCH3 is 2. The Kier molecular flexibility index (Phi) is 6.98. The first-order valence-electron chi connectivity index (χ1n) is 11.5. The number of likely N-dealkylation sites (tertiary alicyclic amines) is 1. The summed E-state index contributed by atoms with van der Waals surface area (Å²) in [5.74, 6) is 1.59. The number of ether oxygens (including phenoxy) is 2. The summed E-state index contributed by atoms with van der Waals surface area (Å²) in [5.41, 5.74) is 1.66. The average Bonchev–Trinajstić information content (AvgIpc) is 3.23. The normalized spacial score (nSPS) is 22.2. The molecule has 6 heteroatoms. The van der Waals surface area contributed by atoms with E-state index in [9.17, 15) is 9.59 Å². The van der Waals surface area contributed by atoms with Gasteiger partial charge in [-0.3, -0.25) is 9.59 Å². The molecule has 1 heterocycles. The number of fused-ring (bicyclic) bond motifs is 1. The van der Waals surface area contributed by atoms with Gasteiger partial charge in [0.15, 0.2) is 0 Å². The van der Waals surface area contributed by atoms with Crippen LogP contribution in [0.2, 0.25) is 0 Å². The third-order valence-corrected chi connectivity index (χ3v) is 6.83. The predicted octanol–water partition coefficient (Wildman–Crippen LogP) is 3.84. The summed E-state index contributed by atoms with van der Waals surface area (Å²) >= 11 is 0. The molecule has 4 rings (SSSR count). The topological polar surface area (TPSA) is 67.9 Å². The minimum Gasteiger partial charge on any atom is -0.497 e. The lowest BCUT2D eigenvalue weighted by atomic mass is 9.84. The second-order valence-corrected chi connectivity index (χ2v) is 8.67. The van der Waals surface area contributed by atoms with E-state index in [4.69, 9.17) is 9.47 Å². The summed E-state index contributed by atoms with van der Waals surface area (Å²) in [5, 5.41) is 3.08. The van der Waals surface area contributed by atoms with Gasteiger partial charge in [-0.25, -0.2) is 0 Å². The van der Waals surface area contributed by atoms with Crippen LogP contribution >= 0.6 is 0 Å². The maximum Gasteiger partial charge on any atom is 0.258 e. The molecule has 2 amide bonds. The van der Waals surface area contributed by atoms with Gasteiger partial charge in [0.2, 0.25) is 5.91 Å². The van der Waals surface area contributed by atoms with Crippen molar-refractivity contribution in [2.75, 3.05) is 20.8 Å². The van der Waals surface area contributed by atoms with Crippen molar-refractivity contribution >= 4 is 11.8 Å². The molecule has 3 atom stereocenters. The Labute approximate surface area is 189 Å². The molecule has 0 radical (unpaired) electrons. The molecule has 0 spiro atoms. The fraction of sp³-hybridized carbons (Fsp3) is 0.462. The minimum absolute atomic E-state index is 0.0591. The van der Waals surface area contributed by atoms with E-state index >= 15 is 0 Å². The fourth-order valence-corrected chi connectivity index (χ4v) is 5.19. The molecule has 0 unspecified atom stereocenters. The Balaban J connectivity index is 1.47. The number of carbonyl (C=O) groups excluding carboxylic acids is 2. The number of hydrogen-bond acceptors (Lipinski definition) is 4. The van der Waals surface area contributed by atoms with E-state index in [2.05, 4.69) is 5.32 Å². The van der Waals surface area contributed by atoms with Crippen molar-refractivity contribution in [2.45, 2.75) is 50.6 Å². The Morgan fingerprint density at radius 1 is 1.00 bits per heavy atom. The molecule has 2 aliphatic rings. The molecule has 1 saturated heterocycles. The third-order valence-electron chi connectivity index (χ3n) is 6.83. The van der Waals surface area contributed by atoms with Crippen LogP contribution in [0.4, 0.5) is 0 Å². The Morgan fingerprint density at radius 2 is 1.75 bits per heavy atom. The van der Waals surface area contributed by atoms with Crippen molar-refractivity contribution in [2.24, 2.45) is 5.92 Å². The van der Waals surface area contributed by atoms with Crippen molar-refractivity contribution in [3.8, 4) is 11.5 Å². The Hall–Kier alpha value is -3.02. The van der Waals surface area contributed by atoms with E-state index in [1.807, 2.05) is 41.3 Å². The number of nitrogens with one attached hydrogen (secondary N) is 1. The van der Waals surface area contributed by atoms with E-state index in [0.717, 1.165) is 43.4 Å². The van der Waals surface area contributed by atoms with Crippen LogP contribution in [0.3, 0.4) is 0 Å². The van der Waals surface area contributed by atoms with Crippen LogP contribution in [0.15, 0.2) is 48.5 Å². The molecule has 1 N–H and O–H groups in total. The molecular weight excluding hydrogens is 404 g/mol. The van der Waals surface area contributed by atoms with Gasteiger partial charge >= 0.3 is 0 Å². The maximum absolute atomic E-state index is 13.6. The van der Waals surface area contributed by atoms with E-state index < -0.39 is 6.04 Å². The Morgan fingerprint density at radius 3 is 2.50 bits per heavy atom. The van der Waals surface area contributed by atoms with Gasteiger partial charge < -0.3 is 19.7 Å². The molecule has 0 aromatic heterocycles. The summed E-state index contributed by atoms with van der Waals surface area (Å²) in [4.78, 5) is 28.7. The summed E-state index contributed by atoms with van der Waals surface area (Å²) in [7, 11) is 3.22. The smallest absolute Gasteiger partial charge is 0.258 e. The minimum atomic E-state index is -0.434. The van der Waals surface area contributed by atoms with Crippen LogP contribution in [0.5, 0.6) is 11.5 Å². The van der Waals surface area contributed by atoms with Crippen LogP contribution in [0.25, 0.3) is 0 Å². The second kappa shape index (κ2) is 10.1. The van der Waals surface area contributed by atoms with Gasteiger partial charge in [-0.15, -0.1) is 0 Å². The lowest BCUT2D eigenvalue weighted by Crippen LogP contribution is -2.50. The molecule has 2 aromatic rings. The van der Waals surface area contributed by atoms with E-state index in [1.54, 1.807) is 26.4 Å². The molecule has 2 aromatic carbocycles. The molecule has 1 aliphatic carbocycles. The lowest BCUT2D eigenvalue weighted by Gasteiger charge is -2.34. The zero-order valence-corrected chi connectivity index (χ0v) is 18.9. The van der Waals surface area contributed by atoms with Gasteiger partial charge in [-0.1, -0.05) is 37.1 Å². The van der Waals surface area contributed by atoms with Gasteiger partial charge in [-0.05, 0) is 61.4 Å². The van der Waals surface area contributed by atoms with Crippen molar-refractivity contribution < 1.29 is 19.1 Å². The number of nitrogens with zero attached hydrogens (tertiary/aromatic N) is 1. The third kappa shape index (κ3) is 4.59. The highest BCUT2D eigenvalue weighted by molar-refractivity contribution is 6.00. The number of amides is 2. The SMILES string of the molecule is COc1ccc(CCNC(=O)[C@@H]2C[C@@H]3CCCC[C@@H]3N2C(=O)c2ccccc2OC)cc1.